The van der Waals surface area contributed by atoms with E-state index in [0.717, 1.165) is 23.9 Å². The molecule has 7 heteroatoms. The van der Waals surface area contributed by atoms with E-state index in [0.29, 0.717) is 17.6 Å². The first-order chi connectivity index (χ1) is 11.3. The number of amides is 1. The zero-order valence-corrected chi connectivity index (χ0v) is 12.7. The topological polar surface area (TPSA) is 88.5 Å². The highest BCUT2D eigenvalue weighted by Crippen LogP contribution is 2.27. The number of H-pyrrole nitrogens is 1. The Kier molecular flexibility index (Phi) is 3.53. The summed E-state index contributed by atoms with van der Waals surface area (Å²) < 4.78 is 1.88. The molecule has 0 radical (unpaired) electrons. The number of aromatic nitrogens is 5. The molecule has 1 aromatic carbocycles. The summed E-state index contributed by atoms with van der Waals surface area (Å²) in [7, 11) is 0. The fourth-order valence-corrected chi connectivity index (χ4v) is 3.10. The van der Waals surface area contributed by atoms with Crippen molar-refractivity contribution in [3.8, 4) is 0 Å². The normalized spacial score (nSPS) is 15.8. The van der Waals surface area contributed by atoms with Gasteiger partial charge in [0.15, 0.2) is 0 Å². The Morgan fingerprint density at radius 3 is 2.96 bits per heavy atom. The van der Waals surface area contributed by atoms with Crippen LogP contribution in [0.1, 0.15) is 48.5 Å². The second-order valence-corrected chi connectivity index (χ2v) is 5.93. The van der Waals surface area contributed by atoms with Gasteiger partial charge in [-0.05, 0) is 31.0 Å². The van der Waals surface area contributed by atoms with E-state index >= 15 is 0 Å². The van der Waals surface area contributed by atoms with Gasteiger partial charge in [0, 0.05) is 5.56 Å². The van der Waals surface area contributed by atoms with Crippen LogP contribution >= 0.6 is 0 Å². The third-order valence-corrected chi connectivity index (χ3v) is 4.37. The third kappa shape index (κ3) is 2.81. The number of fused-ring (bicyclic) bond motifs is 1. The number of nitrogens with zero attached hydrogens (tertiary/aromatic N) is 4. The Hall–Kier alpha value is -2.70. The van der Waals surface area contributed by atoms with Crippen molar-refractivity contribution in [2.24, 2.45) is 0 Å². The van der Waals surface area contributed by atoms with E-state index in [2.05, 4.69) is 25.4 Å². The molecule has 23 heavy (non-hydrogen) atoms. The molecular weight excluding hydrogens is 292 g/mol. The number of anilines is 1. The minimum absolute atomic E-state index is 0.220. The van der Waals surface area contributed by atoms with E-state index in [1.165, 1.54) is 19.3 Å². The van der Waals surface area contributed by atoms with Crippen molar-refractivity contribution < 1.29 is 4.79 Å². The van der Waals surface area contributed by atoms with Gasteiger partial charge >= 0.3 is 0 Å². The molecule has 1 saturated carbocycles. The van der Waals surface area contributed by atoms with E-state index in [1.807, 2.05) is 10.7 Å². The van der Waals surface area contributed by atoms with Crippen LogP contribution in [0.15, 0.2) is 30.9 Å². The number of carbonyl (C=O) groups excluding carboxylic acids is 1. The minimum Gasteiger partial charge on any atom is -0.345 e. The smallest absolute Gasteiger partial charge is 0.258 e. The molecule has 2 heterocycles. The lowest BCUT2D eigenvalue weighted by Crippen LogP contribution is -2.15. The second-order valence-electron chi connectivity index (χ2n) is 5.93. The van der Waals surface area contributed by atoms with Gasteiger partial charge in [0.1, 0.15) is 6.33 Å². The summed E-state index contributed by atoms with van der Waals surface area (Å²) in [6.45, 7) is 0. The molecule has 0 spiro atoms. The van der Waals surface area contributed by atoms with Gasteiger partial charge in [0.25, 0.3) is 5.91 Å². The van der Waals surface area contributed by atoms with Crippen LogP contribution in [0.4, 0.5) is 5.95 Å². The van der Waals surface area contributed by atoms with Crippen LogP contribution in [-0.2, 0) is 0 Å². The fourth-order valence-electron chi connectivity index (χ4n) is 3.10. The molecule has 7 nitrogen and oxygen atoms in total. The Morgan fingerprint density at radius 2 is 2.09 bits per heavy atom. The van der Waals surface area contributed by atoms with E-state index in [9.17, 15) is 4.79 Å². The van der Waals surface area contributed by atoms with Gasteiger partial charge in [0.05, 0.1) is 23.4 Å². The lowest BCUT2D eigenvalue weighted by Gasteiger charge is -2.21. The van der Waals surface area contributed by atoms with Crippen LogP contribution < -0.4 is 5.32 Å². The average Bonchev–Trinajstić information content (AvgIpc) is 3.24. The lowest BCUT2D eigenvalue weighted by atomic mass is 9.96. The predicted molar refractivity (Wildman–Crippen MR) is 86.2 cm³/mol. The number of nitrogens with one attached hydrogen (secondary N) is 2. The van der Waals surface area contributed by atoms with Gasteiger partial charge in [-0.15, -0.1) is 5.10 Å². The number of carbonyl (C=O) groups is 1. The zero-order valence-electron chi connectivity index (χ0n) is 12.7. The van der Waals surface area contributed by atoms with Crippen molar-refractivity contribution >= 4 is 22.9 Å². The lowest BCUT2D eigenvalue weighted by molar-refractivity contribution is 0.102. The quantitative estimate of drug-likeness (QED) is 0.778. The molecule has 0 saturated heterocycles. The molecule has 4 rings (SSSR count). The molecule has 3 aromatic rings. The van der Waals surface area contributed by atoms with Crippen molar-refractivity contribution in [1.29, 1.82) is 0 Å². The van der Waals surface area contributed by atoms with Gasteiger partial charge in [-0.3, -0.25) is 10.1 Å². The summed E-state index contributed by atoms with van der Waals surface area (Å²) >= 11 is 0. The van der Waals surface area contributed by atoms with Gasteiger partial charge in [0.2, 0.25) is 5.95 Å². The van der Waals surface area contributed by atoms with E-state index in [4.69, 9.17) is 0 Å². The maximum atomic E-state index is 12.3. The monoisotopic (exact) mass is 310 g/mol. The standard InChI is InChI=1S/C16H18N6O/c23-15(11-6-7-13-14(8-11)18-9-17-13)20-16-19-10-22(21-16)12-4-2-1-3-5-12/h6-10,12H,1-5H2,(H,17,18)(H,20,21,23). The Balaban J connectivity index is 1.48. The number of imidazole rings is 1. The summed E-state index contributed by atoms with van der Waals surface area (Å²) in [6.07, 6.45) is 9.35. The Labute approximate surface area is 133 Å². The van der Waals surface area contributed by atoms with Crippen LogP contribution in [0.5, 0.6) is 0 Å². The van der Waals surface area contributed by atoms with Gasteiger partial charge in [-0.25, -0.2) is 14.6 Å². The molecule has 0 unspecified atom stereocenters. The molecule has 1 aliphatic rings. The Morgan fingerprint density at radius 1 is 1.22 bits per heavy atom. The zero-order chi connectivity index (χ0) is 15.6. The number of benzene rings is 1. The van der Waals surface area contributed by atoms with Crippen LogP contribution in [0.3, 0.4) is 0 Å². The molecule has 1 amide bonds. The Bertz CT molecular complexity index is 830. The molecule has 2 aromatic heterocycles. The highest BCUT2D eigenvalue weighted by atomic mass is 16.1. The van der Waals surface area contributed by atoms with E-state index < -0.39 is 0 Å². The van der Waals surface area contributed by atoms with Crippen molar-refractivity contribution in [2.75, 3.05) is 5.32 Å². The molecule has 1 aliphatic carbocycles. The number of hydrogen-bond donors (Lipinski definition) is 2. The fraction of sp³-hybridized carbons (Fsp3) is 0.375. The van der Waals surface area contributed by atoms with Crippen molar-refractivity contribution in [1.82, 2.24) is 24.7 Å². The molecular formula is C16H18N6O. The first-order valence-electron chi connectivity index (χ1n) is 7.95. The third-order valence-electron chi connectivity index (χ3n) is 4.37. The van der Waals surface area contributed by atoms with Crippen molar-refractivity contribution in [3.05, 3.63) is 36.4 Å². The molecule has 0 atom stereocenters. The number of rotatable bonds is 3. The summed E-state index contributed by atoms with van der Waals surface area (Å²) in [6, 6.07) is 5.74. The average molecular weight is 310 g/mol. The van der Waals surface area contributed by atoms with Gasteiger partial charge in [-0.1, -0.05) is 19.3 Å². The SMILES string of the molecule is O=C(Nc1ncn(C2CCCCC2)n1)c1ccc2nc[nH]c2c1. The van der Waals surface area contributed by atoms with Crippen LogP contribution in [0, 0.1) is 0 Å². The first kappa shape index (κ1) is 13.9. The van der Waals surface area contributed by atoms with Gasteiger partial charge in [-0.2, -0.15) is 0 Å². The largest absolute Gasteiger partial charge is 0.345 e. The van der Waals surface area contributed by atoms with E-state index in [-0.39, 0.29) is 5.91 Å². The van der Waals surface area contributed by atoms with Crippen molar-refractivity contribution in [2.45, 2.75) is 38.1 Å². The molecule has 0 bridgehead atoms. The van der Waals surface area contributed by atoms with Crippen LogP contribution in [-0.4, -0.2) is 30.6 Å². The van der Waals surface area contributed by atoms with E-state index in [1.54, 1.807) is 24.8 Å². The summed E-state index contributed by atoms with van der Waals surface area (Å²) in [4.78, 5) is 23.7. The second kappa shape index (κ2) is 5.83. The van der Waals surface area contributed by atoms with Crippen LogP contribution in [0.2, 0.25) is 0 Å². The first-order valence-corrected chi connectivity index (χ1v) is 7.95. The molecule has 0 aliphatic heterocycles. The highest BCUT2D eigenvalue weighted by Gasteiger charge is 2.17. The van der Waals surface area contributed by atoms with Gasteiger partial charge < -0.3 is 4.98 Å². The maximum Gasteiger partial charge on any atom is 0.258 e. The highest BCUT2D eigenvalue weighted by molar-refractivity contribution is 6.05. The summed E-state index contributed by atoms with van der Waals surface area (Å²) in [5.74, 6) is 0.133. The number of aromatic amines is 1. The predicted octanol–water partition coefficient (Wildman–Crippen LogP) is 2.91. The van der Waals surface area contributed by atoms with Crippen molar-refractivity contribution in [3.63, 3.8) is 0 Å². The molecule has 1 fully saturated rings. The molecule has 2 N–H and O–H groups in total. The van der Waals surface area contributed by atoms with Crippen LogP contribution in [0.25, 0.3) is 11.0 Å². The summed E-state index contributed by atoms with van der Waals surface area (Å²) in [5.41, 5.74) is 2.22. The number of hydrogen-bond acceptors (Lipinski definition) is 4. The summed E-state index contributed by atoms with van der Waals surface area (Å²) in [5, 5.41) is 7.16. The minimum atomic E-state index is -0.220. The maximum absolute atomic E-state index is 12.3. The molecule has 118 valence electrons.